The Hall–Kier alpha value is -3.88. The van der Waals surface area contributed by atoms with Gasteiger partial charge in [-0.25, -0.2) is 4.79 Å². The Morgan fingerprint density at radius 3 is 2.38 bits per heavy atom. The summed E-state index contributed by atoms with van der Waals surface area (Å²) in [7, 11) is 0. The second-order valence-electron chi connectivity index (χ2n) is 11.3. The second kappa shape index (κ2) is 12.1. The molecular formula is C31H37N3O6. The molecule has 1 saturated carbocycles. The van der Waals surface area contributed by atoms with E-state index in [1.807, 2.05) is 29.2 Å². The molecule has 1 aliphatic carbocycles. The monoisotopic (exact) mass is 547 g/mol. The minimum Gasteiger partial charge on any atom is -0.480 e. The highest BCUT2D eigenvalue weighted by atomic mass is 16.5. The van der Waals surface area contributed by atoms with E-state index in [1.165, 1.54) is 0 Å². The zero-order valence-corrected chi connectivity index (χ0v) is 22.7. The molecule has 3 amide bonds. The third-order valence-electron chi connectivity index (χ3n) is 8.53. The smallest absolute Gasteiger partial charge is 0.326 e. The minimum atomic E-state index is -1.12. The summed E-state index contributed by atoms with van der Waals surface area (Å²) in [5, 5.41) is 15.2. The third kappa shape index (κ3) is 6.46. The van der Waals surface area contributed by atoms with Crippen LogP contribution < -0.4 is 15.4 Å². The van der Waals surface area contributed by atoms with E-state index in [-0.39, 0.29) is 37.1 Å². The molecule has 2 aromatic rings. The fraction of sp³-hybridized carbons (Fsp3) is 0.484. The summed E-state index contributed by atoms with van der Waals surface area (Å²) < 4.78 is 6.08. The van der Waals surface area contributed by atoms with E-state index < -0.39 is 23.3 Å². The number of aliphatic carboxylic acids is 1. The number of hydrogen-bond donors (Lipinski definition) is 3. The van der Waals surface area contributed by atoms with Crippen LogP contribution in [-0.2, 0) is 32.0 Å². The number of rotatable bonds is 2. The maximum atomic E-state index is 13.7. The number of carbonyl (C=O) groups is 4. The first-order valence-electron chi connectivity index (χ1n) is 14.3. The van der Waals surface area contributed by atoms with E-state index in [0.29, 0.717) is 43.9 Å². The fourth-order valence-electron chi connectivity index (χ4n) is 6.19. The number of carboxylic acids is 1. The van der Waals surface area contributed by atoms with Crippen molar-refractivity contribution in [2.45, 2.75) is 63.8 Å². The van der Waals surface area contributed by atoms with Crippen LogP contribution in [0.25, 0.3) is 0 Å². The lowest BCUT2D eigenvalue weighted by Gasteiger charge is -2.41. The predicted molar refractivity (Wildman–Crippen MR) is 148 cm³/mol. The van der Waals surface area contributed by atoms with Gasteiger partial charge in [-0.3, -0.25) is 14.4 Å². The lowest BCUT2D eigenvalue weighted by atomic mass is 9.72. The Morgan fingerprint density at radius 1 is 0.950 bits per heavy atom. The average Bonchev–Trinajstić information content (AvgIpc) is 3.49. The number of piperidine rings is 1. The van der Waals surface area contributed by atoms with E-state index in [1.54, 1.807) is 24.3 Å². The van der Waals surface area contributed by atoms with Crippen LogP contribution in [0.3, 0.4) is 0 Å². The van der Waals surface area contributed by atoms with Crippen LogP contribution in [-0.4, -0.2) is 59.4 Å². The van der Waals surface area contributed by atoms with Gasteiger partial charge in [0.25, 0.3) is 0 Å². The predicted octanol–water partition coefficient (Wildman–Crippen LogP) is 3.45. The van der Waals surface area contributed by atoms with Crippen molar-refractivity contribution in [1.82, 2.24) is 15.5 Å². The lowest BCUT2D eigenvalue weighted by Crippen LogP contribution is -2.52. The van der Waals surface area contributed by atoms with Gasteiger partial charge in [-0.2, -0.15) is 0 Å². The van der Waals surface area contributed by atoms with Crippen LogP contribution >= 0.6 is 0 Å². The Bertz CT molecular complexity index is 1250. The molecule has 4 aliphatic rings. The molecule has 3 N–H and O–H groups in total. The molecule has 40 heavy (non-hydrogen) atoms. The standard InChI is InChI=1S/C31H37N3O6/c35-27-12-15-32-30(39)31(13-16-34(17-14-31)28(36)23-5-1-2-6-23)20-22-4-3-7-25(18-22)40-24-10-8-21(9-11-24)19-26(33-27)29(37)38/h3-4,7-11,18,23,26H,1-2,5-6,12-17,19-20H2,(H,32,39)(H,33,35)(H,37,38)/t26-/m0/s1. The lowest BCUT2D eigenvalue weighted by molar-refractivity contribution is -0.143. The van der Waals surface area contributed by atoms with Gasteiger partial charge >= 0.3 is 5.97 Å². The van der Waals surface area contributed by atoms with Gasteiger partial charge in [0, 0.05) is 38.4 Å². The van der Waals surface area contributed by atoms with E-state index >= 15 is 0 Å². The van der Waals surface area contributed by atoms with Crippen LogP contribution in [0.2, 0.25) is 0 Å². The largest absolute Gasteiger partial charge is 0.480 e. The molecule has 2 fully saturated rings. The molecule has 3 aliphatic heterocycles. The molecule has 1 saturated heterocycles. The van der Waals surface area contributed by atoms with Gasteiger partial charge in [-0.1, -0.05) is 37.1 Å². The van der Waals surface area contributed by atoms with Gasteiger partial charge < -0.3 is 25.4 Å². The molecule has 9 nitrogen and oxygen atoms in total. The summed E-state index contributed by atoms with van der Waals surface area (Å²) in [6.07, 6.45) is 5.72. The number of ether oxygens (including phenoxy) is 1. The molecule has 9 heteroatoms. The van der Waals surface area contributed by atoms with Gasteiger partial charge in [0.15, 0.2) is 0 Å². The third-order valence-corrected chi connectivity index (χ3v) is 8.53. The van der Waals surface area contributed by atoms with Crippen LogP contribution in [0.4, 0.5) is 0 Å². The Kier molecular flexibility index (Phi) is 8.38. The van der Waals surface area contributed by atoms with Gasteiger partial charge in [0.1, 0.15) is 17.5 Å². The number of hydrogen-bond acceptors (Lipinski definition) is 5. The zero-order chi connectivity index (χ0) is 28.1. The maximum absolute atomic E-state index is 13.7. The summed E-state index contributed by atoms with van der Waals surface area (Å²) >= 11 is 0. The summed E-state index contributed by atoms with van der Waals surface area (Å²) in [4.78, 5) is 53.1. The maximum Gasteiger partial charge on any atom is 0.326 e. The van der Waals surface area contributed by atoms with Crippen LogP contribution in [0.1, 0.15) is 56.1 Å². The molecule has 2 aromatic carbocycles. The van der Waals surface area contributed by atoms with Gasteiger partial charge in [-0.15, -0.1) is 0 Å². The first kappa shape index (κ1) is 27.7. The molecule has 4 bridgehead atoms. The quantitative estimate of drug-likeness (QED) is 0.529. The van der Waals surface area contributed by atoms with Crippen molar-refractivity contribution in [3.8, 4) is 11.5 Å². The van der Waals surface area contributed by atoms with Crippen molar-refractivity contribution in [3.05, 3.63) is 59.7 Å². The molecular weight excluding hydrogens is 510 g/mol. The normalized spacial score (nSPS) is 22.1. The summed E-state index contributed by atoms with van der Waals surface area (Å²) in [6, 6.07) is 13.7. The number of carbonyl (C=O) groups excluding carboxylic acids is 3. The number of nitrogens with one attached hydrogen (secondary N) is 2. The summed E-state index contributed by atoms with van der Waals surface area (Å²) in [6.45, 7) is 1.14. The number of amides is 3. The molecule has 6 rings (SSSR count). The molecule has 1 spiro atoms. The van der Waals surface area contributed by atoms with Crippen molar-refractivity contribution in [3.63, 3.8) is 0 Å². The van der Waals surface area contributed by atoms with Crippen molar-refractivity contribution in [2.24, 2.45) is 11.3 Å². The summed E-state index contributed by atoms with van der Waals surface area (Å²) in [5.41, 5.74) is 0.976. The van der Waals surface area contributed by atoms with E-state index in [4.69, 9.17) is 4.74 Å². The highest BCUT2D eigenvalue weighted by Crippen LogP contribution is 2.38. The van der Waals surface area contributed by atoms with Crippen molar-refractivity contribution >= 4 is 23.7 Å². The van der Waals surface area contributed by atoms with E-state index in [2.05, 4.69) is 10.6 Å². The van der Waals surface area contributed by atoms with Crippen LogP contribution in [0, 0.1) is 11.3 Å². The fourth-order valence-corrected chi connectivity index (χ4v) is 6.19. The van der Waals surface area contributed by atoms with Crippen molar-refractivity contribution < 1.29 is 29.0 Å². The van der Waals surface area contributed by atoms with E-state index in [0.717, 1.165) is 36.8 Å². The number of likely N-dealkylation sites (tertiary alicyclic amines) is 1. The van der Waals surface area contributed by atoms with Gasteiger partial charge in [0.2, 0.25) is 17.7 Å². The number of benzene rings is 2. The first-order valence-corrected chi connectivity index (χ1v) is 14.3. The first-order chi connectivity index (χ1) is 19.3. The number of carboxylic acid groups (broad SMARTS) is 1. The number of nitrogens with zero attached hydrogens (tertiary/aromatic N) is 1. The molecule has 1 atom stereocenters. The number of fused-ring (bicyclic) bond motifs is 9. The highest BCUT2D eigenvalue weighted by molar-refractivity contribution is 5.86. The molecule has 0 aromatic heterocycles. The topological polar surface area (TPSA) is 125 Å². The van der Waals surface area contributed by atoms with Crippen molar-refractivity contribution in [1.29, 1.82) is 0 Å². The second-order valence-corrected chi connectivity index (χ2v) is 11.3. The minimum absolute atomic E-state index is 0.0276. The Labute approximate surface area is 234 Å². The van der Waals surface area contributed by atoms with Crippen molar-refractivity contribution in [2.75, 3.05) is 19.6 Å². The Morgan fingerprint density at radius 2 is 1.68 bits per heavy atom. The summed E-state index contributed by atoms with van der Waals surface area (Å²) in [5.74, 6) is -0.154. The van der Waals surface area contributed by atoms with Gasteiger partial charge in [-0.05, 0) is 67.5 Å². The molecule has 3 heterocycles. The molecule has 0 radical (unpaired) electrons. The van der Waals surface area contributed by atoms with E-state index in [9.17, 15) is 24.3 Å². The Balaban J connectivity index is 1.39. The zero-order valence-electron chi connectivity index (χ0n) is 22.7. The molecule has 212 valence electrons. The highest BCUT2D eigenvalue weighted by Gasteiger charge is 2.43. The SMILES string of the molecule is O=C1CCNC(=O)C2(CCN(C(=O)C3CCCC3)CC2)Cc2cccc(c2)Oc2ccc(cc2)C[C@@H](C(=O)O)N1. The average molecular weight is 548 g/mol. The van der Waals surface area contributed by atoms with Gasteiger partial charge in [0.05, 0.1) is 5.41 Å². The van der Waals surface area contributed by atoms with Crippen LogP contribution in [0.5, 0.6) is 11.5 Å². The molecule has 0 unspecified atom stereocenters. The van der Waals surface area contributed by atoms with Crippen LogP contribution in [0.15, 0.2) is 48.5 Å².